The van der Waals surface area contributed by atoms with Gasteiger partial charge >= 0.3 is 0 Å². The van der Waals surface area contributed by atoms with E-state index in [0.717, 1.165) is 41.2 Å². The van der Waals surface area contributed by atoms with Crippen molar-refractivity contribution in [1.82, 2.24) is 19.6 Å². The number of hydrogen-bond donors (Lipinski definition) is 2. The lowest BCUT2D eigenvalue weighted by atomic mass is 9.89. The highest BCUT2D eigenvalue weighted by Crippen LogP contribution is 2.41. The summed E-state index contributed by atoms with van der Waals surface area (Å²) < 4.78 is 36.8. The van der Waals surface area contributed by atoms with E-state index in [9.17, 15) is 18.4 Å². The zero-order chi connectivity index (χ0) is 28.2. The summed E-state index contributed by atoms with van der Waals surface area (Å²) in [7, 11) is 0. The SMILES string of the molecule is CC1(C)CN(c2c(NC(=O)c3ccc(=O)n(-c4c(F)cccc4F)n3)ccc3nn([C@@H]4CCOC4)cc23)C[C@H]1N. The standard InChI is InChI=1S/C28H29F2N7O3/c1-28(2)15-35(13-23(28)31)25-17-12-36(16-10-11-40-14-16)33-20(17)6-7-21(25)32-27(39)22-8-9-24(38)37(34-22)26-18(29)4-3-5-19(26)30/h3-9,12,16,23H,10-11,13-15,31H2,1-2H3,(H,32,39)/t16-,23-/m1/s1. The molecule has 2 aromatic heterocycles. The Morgan fingerprint density at radius 2 is 1.88 bits per heavy atom. The van der Waals surface area contributed by atoms with Crippen molar-refractivity contribution in [2.45, 2.75) is 32.4 Å². The number of nitrogens with one attached hydrogen (secondary N) is 1. The molecular weight excluding hydrogens is 520 g/mol. The van der Waals surface area contributed by atoms with E-state index in [1.807, 2.05) is 16.9 Å². The van der Waals surface area contributed by atoms with Crippen molar-refractivity contribution < 1.29 is 18.3 Å². The zero-order valence-corrected chi connectivity index (χ0v) is 22.1. The Kier molecular flexibility index (Phi) is 6.38. The minimum atomic E-state index is -0.974. The van der Waals surface area contributed by atoms with Crippen LogP contribution in [0.15, 0.2) is 53.5 Å². The van der Waals surface area contributed by atoms with Crippen molar-refractivity contribution in [2.24, 2.45) is 11.1 Å². The molecular formula is C28H29F2N7O3. The average Bonchev–Trinajstić information content (AvgIpc) is 3.64. The van der Waals surface area contributed by atoms with Gasteiger partial charge in [-0.1, -0.05) is 19.9 Å². The summed E-state index contributed by atoms with van der Waals surface area (Å²) in [5, 5.41) is 12.5. The van der Waals surface area contributed by atoms with E-state index in [1.165, 1.54) is 12.1 Å². The van der Waals surface area contributed by atoms with Crippen LogP contribution in [0.1, 0.15) is 36.8 Å². The molecule has 208 valence electrons. The number of carbonyl (C=O) groups excluding carboxylic acids is 1. The second-order valence-corrected chi connectivity index (χ2v) is 11.0. The number of halogens is 2. The molecule has 2 aliphatic heterocycles. The fourth-order valence-corrected chi connectivity index (χ4v) is 5.36. The molecule has 4 heterocycles. The molecule has 0 spiro atoms. The van der Waals surface area contributed by atoms with E-state index in [4.69, 9.17) is 15.6 Å². The van der Waals surface area contributed by atoms with E-state index in [1.54, 1.807) is 6.07 Å². The quantitative estimate of drug-likeness (QED) is 0.392. The van der Waals surface area contributed by atoms with Crippen LogP contribution in [-0.4, -0.2) is 57.8 Å². The van der Waals surface area contributed by atoms with Crippen molar-refractivity contribution >= 4 is 28.2 Å². The number of nitrogens with two attached hydrogens (primary N) is 1. The number of hydrogen-bond acceptors (Lipinski definition) is 7. The third-order valence-corrected chi connectivity index (χ3v) is 7.72. The molecule has 0 unspecified atom stereocenters. The first-order chi connectivity index (χ1) is 19.1. The Morgan fingerprint density at radius 3 is 2.55 bits per heavy atom. The maximum atomic E-state index is 14.4. The van der Waals surface area contributed by atoms with Crippen LogP contribution in [0.2, 0.25) is 0 Å². The van der Waals surface area contributed by atoms with Gasteiger partial charge in [0.05, 0.1) is 29.5 Å². The number of carbonyl (C=O) groups is 1. The fraction of sp³-hybridized carbons (Fsp3) is 0.357. The van der Waals surface area contributed by atoms with E-state index in [2.05, 4.69) is 29.2 Å². The van der Waals surface area contributed by atoms with Crippen molar-refractivity contribution in [3.63, 3.8) is 0 Å². The number of nitrogens with zero attached hydrogens (tertiary/aromatic N) is 5. The zero-order valence-electron chi connectivity index (χ0n) is 22.1. The van der Waals surface area contributed by atoms with Crippen molar-refractivity contribution in [1.29, 1.82) is 0 Å². The van der Waals surface area contributed by atoms with Crippen LogP contribution in [-0.2, 0) is 4.74 Å². The third-order valence-electron chi connectivity index (χ3n) is 7.72. The van der Waals surface area contributed by atoms with Crippen molar-refractivity contribution in [3.05, 3.63) is 76.3 Å². The van der Waals surface area contributed by atoms with E-state index >= 15 is 0 Å². The van der Waals surface area contributed by atoms with Crippen LogP contribution in [0.3, 0.4) is 0 Å². The van der Waals surface area contributed by atoms with Crippen LogP contribution in [0.25, 0.3) is 16.6 Å². The molecule has 0 radical (unpaired) electrons. The minimum absolute atomic E-state index is 0.0922. The summed E-state index contributed by atoms with van der Waals surface area (Å²) in [5.74, 6) is -2.60. The smallest absolute Gasteiger partial charge is 0.276 e. The molecule has 2 atom stereocenters. The van der Waals surface area contributed by atoms with Gasteiger partial charge in [0, 0.05) is 43.4 Å². The largest absolute Gasteiger partial charge is 0.379 e. The van der Waals surface area contributed by atoms with E-state index in [-0.39, 0.29) is 23.2 Å². The first-order valence-electron chi connectivity index (χ1n) is 13.1. The number of fused-ring (bicyclic) bond motifs is 1. The molecule has 2 saturated heterocycles. The molecule has 0 saturated carbocycles. The van der Waals surface area contributed by atoms with Gasteiger partial charge in [-0.25, -0.2) is 8.78 Å². The second-order valence-electron chi connectivity index (χ2n) is 11.0. The highest BCUT2D eigenvalue weighted by atomic mass is 19.1. The summed E-state index contributed by atoms with van der Waals surface area (Å²) in [6.45, 7) is 6.69. The second kappa shape index (κ2) is 9.79. The molecule has 10 nitrogen and oxygen atoms in total. The molecule has 2 aromatic carbocycles. The molecule has 0 aliphatic carbocycles. The number of rotatable bonds is 5. The van der Waals surface area contributed by atoms with Gasteiger partial charge < -0.3 is 20.7 Å². The molecule has 4 aromatic rings. The van der Waals surface area contributed by atoms with Gasteiger partial charge in [0.25, 0.3) is 11.5 Å². The maximum Gasteiger partial charge on any atom is 0.276 e. The Bertz CT molecular complexity index is 1660. The molecule has 3 N–H and O–H groups in total. The Balaban J connectivity index is 1.40. The molecule has 2 aliphatic rings. The van der Waals surface area contributed by atoms with Gasteiger partial charge in [0.15, 0.2) is 11.6 Å². The Labute approximate surface area is 228 Å². The van der Waals surface area contributed by atoms with Gasteiger partial charge in [0.2, 0.25) is 0 Å². The van der Waals surface area contributed by atoms with Crippen LogP contribution in [0.5, 0.6) is 0 Å². The molecule has 2 fully saturated rings. The lowest BCUT2D eigenvalue weighted by Crippen LogP contribution is -2.35. The lowest BCUT2D eigenvalue weighted by Gasteiger charge is -2.25. The van der Waals surface area contributed by atoms with Crippen molar-refractivity contribution in [2.75, 3.05) is 36.5 Å². The predicted molar refractivity (Wildman–Crippen MR) is 146 cm³/mol. The fourth-order valence-electron chi connectivity index (χ4n) is 5.36. The van der Waals surface area contributed by atoms with Gasteiger partial charge in [-0.2, -0.15) is 14.9 Å². The third kappa shape index (κ3) is 4.52. The number of amides is 1. The number of aromatic nitrogens is 4. The van der Waals surface area contributed by atoms with Crippen LogP contribution < -0.4 is 21.5 Å². The van der Waals surface area contributed by atoms with Crippen LogP contribution >= 0.6 is 0 Å². The maximum absolute atomic E-state index is 14.4. The van der Waals surface area contributed by atoms with E-state index < -0.39 is 28.8 Å². The first kappa shape index (κ1) is 26.1. The number of para-hydroxylation sites is 1. The number of benzene rings is 2. The first-order valence-corrected chi connectivity index (χ1v) is 13.1. The topological polar surface area (TPSA) is 120 Å². The van der Waals surface area contributed by atoms with Gasteiger partial charge in [-0.3, -0.25) is 14.3 Å². The van der Waals surface area contributed by atoms with Gasteiger partial charge in [0.1, 0.15) is 11.4 Å². The van der Waals surface area contributed by atoms with E-state index in [0.29, 0.717) is 36.7 Å². The van der Waals surface area contributed by atoms with Crippen molar-refractivity contribution in [3.8, 4) is 5.69 Å². The Hall–Kier alpha value is -4.16. The lowest BCUT2D eigenvalue weighted by molar-refractivity contribution is 0.102. The molecule has 40 heavy (non-hydrogen) atoms. The molecule has 0 bridgehead atoms. The summed E-state index contributed by atoms with van der Waals surface area (Å²) in [5.41, 5.74) is 6.72. The van der Waals surface area contributed by atoms with Crippen LogP contribution in [0.4, 0.5) is 20.2 Å². The monoisotopic (exact) mass is 549 g/mol. The normalized spacial score (nSPS) is 20.4. The summed E-state index contributed by atoms with van der Waals surface area (Å²) >= 11 is 0. The van der Waals surface area contributed by atoms with Gasteiger partial charge in [-0.15, -0.1) is 0 Å². The predicted octanol–water partition coefficient (Wildman–Crippen LogP) is 3.25. The summed E-state index contributed by atoms with van der Waals surface area (Å²) in [6, 6.07) is 9.10. The van der Waals surface area contributed by atoms with Crippen LogP contribution in [0, 0.1) is 17.0 Å². The molecule has 1 amide bonds. The number of anilines is 2. The summed E-state index contributed by atoms with van der Waals surface area (Å²) in [4.78, 5) is 28.0. The molecule has 12 heteroatoms. The van der Waals surface area contributed by atoms with Gasteiger partial charge in [-0.05, 0) is 42.2 Å². The highest BCUT2D eigenvalue weighted by Gasteiger charge is 2.38. The minimum Gasteiger partial charge on any atom is -0.379 e. The molecule has 6 rings (SSSR count). The summed E-state index contributed by atoms with van der Waals surface area (Å²) in [6.07, 6.45) is 2.83. The Morgan fingerprint density at radius 1 is 1.10 bits per heavy atom. The average molecular weight is 550 g/mol. The highest BCUT2D eigenvalue weighted by molar-refractivity contribution is 6.08. The number of ether oxygens (including phenoxy) is 1.